The molecule has 7 nitrogen and oxygen atoms in total. The Hall–Kier alpha value is -4.52. The third-order valence-electron chi connectivity index (χ3n) is 5.46. The fourth-order valence-corrected chi connectivity index (χ4v) is 3.71. The van der Waals surface area contributed by atoms with Crippen molar-refractivity contribution in [1.29, 1.82) is 0 Å². The number of anilines is 2. The molecule has 0 bridgehead atoms. The van der Waals surface area contributed by atoms with Gasteiger partial charge in [-0.2, -0.15) is 9.78 Å². The van der Waals surface area contributed by atoms with Crippen LogP contribution in [-0.2, 0) is 0 Å². The average Bonchev–Trinajstić information content (AvgIpc) is 3.09. The molecular weight excluding hydrogens is 412 g/mol. The van der Waals surface area contributed by atoms with E-state index in [1.807, 2.05) is 86.6 Å². The molecule has 0 spiro atoms. The van der Waals surface area contributed by atoms with Gasteiger partial charge in [0.2, 0.25) is 0 Å². The second-order valence-electron chi connectivity index (χ2n) is 7.88. The maximum atomic E-state index is 13.4. The molecule has 0 saturated carbocycles. The number of nitrogens with zero attached hydrogens (tertiary/aromatic N) is 4. The van der Waals surface area contributed by atoms with Gasteiger partial charge in [-0.1, -0.05) is 54.6 Å². The summed E-state index contributed by atoms with van der Waals surface area (Å²) in [7, 11) is 0. The molecule has 0 aliphatic carbocycles. The Kier molecular flexibility index (Phi) is 5.06. The highest BCUT2D eigenvalue weighted by molar-refractivity contribution is 6.16. The number of nitrogen functional groups attached to an aromatic ring is 1. The minimum atomic E-state index is -0.357. The van der Waals surface area contributed by atoms with Gasteiger partial charge in [-0.15, -0.1) is 0 Å². The van der Waals surface area contributed by atoms with E-state index >= 15 is 0 Å². The average molecular weight is 435 g/mol. The first-order valence-corrected chi connectivity index (χ1v) is 10.6. The number of para-hydroxylation sites is 2. The minimum Gasteiger partial charge on any atom is -0.383 e. The number of hydrogen-bond acceptors (Lipinski definition) is 5. The molecule has 5 aromatic rings. The number of aryl methyl sites for hydroxylation is 2. The Morgan fingerprint density at radius 2 is 1.67 bits per heavy atom. The zero-order valence-corrected chi connectivity index (χ0v) is 18.3. The molecular formula is C26H22N6O. The van der Waals surface area contributed by atoms with E-state index in [0.717, 1.165) is 22.4 Å². The number of fused-ring (bicyclic) bond motifs is 2. The number of amides is 1. The summed E-state index contributed by atoms with van der Waals surface area (Å²) in [6.07, 6.45) is 1.68. The van der Waals surface area contributed by atoms with Crippen LogP contribution in [0.4, 0.5) is 11.5 Å². The molecule has 3 N–H and O–H groups in total. The summed E-state index contributed by atoms with van der Waals surface area (Å²) in [4.78, 5) is 22.8. The lowest BCUT2D eigenvalue weighted by Crippen LogP contribution is -2.15. The molecule has 0 aliphatic rings. The SMILES string of the molecule is Cc1ccc(C)c(NC(=O)c2c(N)n(/N=C\c3ccccc3)c3nc4ccccc4nc23)c1. The van der Waals surface area contributed by atoms with Crippen molar-refractivity contribution in [2.75, 3.05) is 11.1 Å². The van der Waals surface area contributed by atoms with Crippen LogP contribution in [0.15, 0.2) is 77.9 Å². The molecule has 0 fully saturated rings. The number of nitrogens with two attached hydrogens (primary N) is 1. The lowest BCUT2D eigenvalue weighted by atomic mass is 10.1. The van der Waals surface area contributed by atoms with Gasteiger partial charge < -0.3 is 11.1 Å². The Morgan fingerprint density at radius 1 is 0.970 bits per heavy atom. The zero-order chi connectivity index (χ0) is 22.9. The van der Waals surface area contributed by atoms with Crippen molar-refractivity contribution in [3.05, 3.63) is 95.1 Å². The molecule has 0 atom stereocenters. The summed E-state index contributed by atoms with van der Waals surface area (Å²) < 4.78 is 1.47. The monoisotopic (exact) mass is 434 g/mol. The summed E-state index contributed by atoms with van der Waals surface area (Å²) in [5.74, 6) is -0.181. The maximum Gasteiger partial charge on any atom is 0.261 e. The second-order valence-corrected chi connectivity index (χ2v) is 7.88. The summed E-state index contributed by atoms with van der Waals surface area (Å²) in [6.45, 7) is 3.92. The summed E-state index contributed by atoms with van der Waals surface area (Å²) in [6, 6.07) is 23.0. The fraction of sp³-hybridized carbons (Fsp3) is 0.0769. The molecule has 33 heavy (non-hydrogen) atoms. The molecule has 0 aliphatic heterocycles. The van der Waals surface area contributed by atoms with Crippen molar-refractivity contribution in [3.63, 3.8) is 0 Å². The van der Waals surface area contributed by atoms with Gasteiger partial charge in [0.1, 0.15) is 16.9 Å². The Labute approximate surface area is 190 Å². The minimum absolute atomic E-state index is 0.176. The van der Waals surface area contributed by atoms with Crippen molar-refractivity contribution >= 4 is 45.8 Å². The van der Waals surface area contributed by atoms with E-state index in [0.29, 0.717) is 22.2 Å². The first-order chi connectivity index (χ1) is 16.0. The molecule has 162 valence electrons. The van der Waals surface area contributed by atoms with Gasteiger partial charge in [0, 0.05) is 5.69 Å². The van der Waals surface area contributed by atoms with Gasteiger partial charge in [-0.05, 0) is 48.7 Å². The lowest BCUT2D eigenvalue weighted by molar-refractivity contribution is 0.102. The van der Waals surface area contributed by atoms with Gasteiger partial charge in [-0.3, -0.25) is 4.79 Å². The molecule has 7 heteroatoms. The number of carbonyl (C=O) groups is 1. The summed E-state index contributed by atoms with van der Waals surface area (Å²) in [5.41, 5.74) is 12.5. The molecule has 0 unspecified atom stereocenters. The van der Waals surface area contributed by atoms with Gasteiger partial charge in [0.25, 0.3) is 5.91 Å². The Bertz CT molecular complexity index is 1540. The van der Waals surface area contributed by atoms with Crippen LogP contribution < -0.4 is 11.1 Å². The van der Waals surface area contributed by atoms with E-state index in [9.17, 15) is 4.79 Å². The van der Waals surface area contributed by atoms with Crippen molar-refractivity contribution in [1.82, 2.24) is 14.6 Å². The molecule has 1 amide bonds. The van der Waals surface area contributed by atoms with Crippen molar-refractivity contribution < 1.29 is 4.79 Å². The van der Waals surface area contributed by atoms with Gasteiger partial charge in [0.05, 0.1) is 17.2 Å². The number of aromatic nitrogens is 3. The number of rotatable bonds is 4. The van der Waals surface area contributed by atoms with Crippen molar-refractivity contribution in [2.45, 2.75) is 13.8 Å². The first kappa shape index (κ1) is 20.4. The van der Waals surface area contributed by atoms with Crippen molar-refractivity contribution in [2.24, 2.45) is 5.10 Å². The third-order valence-corrected chi connectivity index (χ3v) is 5.46. The van der Waals surface area contributed by atoms with Crippen LogP contribution in [0.2, 0.25) is 0 Å². The Balaban J connectivity index is 1.68. The highest BCUT2D eigenvalue weighted by Gasteiger charge is 2.24. The summed E-state index contributed by atoms with van der Waals surface area (Å²) >= 11 is 0. The number of carbonyl (C=O) groups excluding carboxylic acids is 1. The van der Waals surface area contributed by atoms with E-state index in [-0.39, 0.29) is 17.3 Å². The highest BCUT2D eigenvalue weighted by Crippen LogP contribution is 2.29. The van der Waals surface area contributed by atoms with Crippen LogP contribution in [0.1, 0.15) is 27.0 Å². The zero-order valence-electron chi connectivity index (χ0n) is 18.3. The lowest BCUT2D eigenvalue weighted by Gasteiger charge is -2.09. The molecule has 3 aromatic carbocycles. The third kappa shape index (κ3) is 3.80. The van der Waals surface area contributed by atoms with Crippen molar-refractivity contribution in [3.8, 4) is 0 Å². The van der Waals surface area contributed by atoms with Gasteiger partial charge in [0.15, 0.2) is 5.65 Å². The van der Waals surface area contributed by atoms with Crippen LogP contribution in [0.25, 0.3) is 22.2 Å². The van der Waals surface area contributed by atoms with E-state index in [4.69, 9.17) is 15.7 Å². The predicted molar refractivity (Wildman–Crippen MR) is 133 cm³/mol. The molecule has 0 saturated heterocycles. The highest BCUT2D eigenvalue weighted by atomic mass is 16.1. The first-order valence-electron chi connectivity index (χ1n) is 10.6. The normalized spacial score (nSPS) is 11.5. The number of benzene rings is 3. The Morgan fingerprint density at radius 3 is 2.42 bits per heavy atom. The van der Waals surface area contributed by atoms with Crippen LogP contribution in [0.5, 0.6) is 0 Å². The van der Waals surface area contributed by atoms with Gasteiger partial charge in [-0.25, -0.2) is 9.97 Å². The van der Waals surface area contributed by atoms with E-state index in [2.05, 4.69) is 10.4 Å². The maximum absolute atomic E-state index is 13.4. The summed E-state index contributed by atoms with van der Waals surface area (Å²) in [5, 5.41) is 7.52. The van der Waals surface area contributed by atoms with Crippen LogP contribution in [0.3, 0.4) is 0 Å². The molecule has 5 rings (SSSR count). The standard InChI is InChI=1S/C26H22N6O/c1-16-12-13-17(2)21(14-16)31-26(33)22-23-25(30-20-11-7-6-10-19(20)29-23)32(24(22)27)28-15-18-8-4-3-5-9-18/h3-15H,27H2,1-2H3,(H,31,33)/b28-15-. The number of hydrogen-bond donors (Lipinski definition) is 2. The molecule has 0 radical (unpaired) electrons. The fourth-order valence-electron chi connectivity index (χ4n) is 3.71. The molecule has 2 aromatic heterocycles. The van der Waals surface area contributed by atoms with E-state index < -0.39 is 0 Å². The molecule has 2 heterocycles. The smallest absolute Gasteiger partial charge is 0.261 e. The van der Waals surface area contributed by atoms with E-state index in [1.165, 1.54) is 4.68 Å². The van der Waals surface area contributed by atoms with Crippen LogP contribution >= 0.6 is 0 Å². The topological polar surface area (TPSA) is 98.2 Å². The van der Waals surface area contributed by atoms with Gasteiger partial charge >= 0.3 is 0 Å². The number of nitrogens with one attached hydrogen (secondary N) is 1. The quantitative estimate of drug-likeness (QED) is 0.392. The van der Waals surface area contributed by atoms with E-state index in [1.54, 1.807) is 6.21 Å². The largest absolute Gasteiger partial charge is 0.383 e. The predicted octanol–water partition coefficient (Wildman–Crippen LogP) is 4.92. The second kappa shape index (κ2) is 8.20. The van der Waals surface area contributed by atoms with Crippen LogP contribution in [-0.4, -0.2) is 26.8 Å². The van der Waals surface area contributed by atoms with Crippen LogP contribution in [0, 0.1) is 13.8 Å².